The molecular weight excluding hydrogens is 426 g/mol. The van der Waals surface area contributed by atoms with E-state index in [1.165, 1.54) is 25.7 Å². The van der Waals surface area contributed by atoms with Crippen LogP contribution in [0.25, 0.3) is 0 Å². The highest BCUT2D eigenvalue weighted by atomic mass is 16.3. The maximum Gasteiger partial charge on any atom is 0.220 e. The third-order valence-electron chi connectivity index (χ3n) is 11.4. The highest BCUT2D eigenvalue weighted by Crippen LogP contribution is 2.68. The zero-order valence-corrected chi connectivity index (χ0v) is 21.3. The molecule has 3 N–H and O–H groups in total. The van der Waals surface area contributed by atoms with Gasteiger partial charge in [0.2, 0.25) is 5.91 Å². The van der Waals surface area contributed by atoms with Crippen LogP contribution in [-0.4, -0.2) is 28.3 Å². The lowest BCUT2D eigenvalue weighted by atomic mass is 9.43. The topological polar surface area (TPSA) is 82.7 Å². The van der Waals surface area contributed by atoms with Gasteiger partial charge in [0.1, 0.15) is 5.76 Å². The van der Waals surface area contributed by atoms with Gasteiger partial charge in [0.15, 0.2) is 0 Å². The lowest BCUT2D eigenvalue weighted by molar-refractivity contribution is -0.174. The van der Waals surface area contributed by atoms with E-state index in [0.717, 1.165) is 37.9 Å². The van der Waals surface area contributed by atoms with Crippen LogP contribution in [0.15, 0.2) is 22.8 Å². The van der Waals surface area contributed by atoms with Crippen LogP contribution in [0.5, 0.6) is 0 Å². The molecule has 1 aromatic rings. The molecule has 10 atom stereocenters. The van der Waals surface area contributed by atoms with Crippen molar-refractivity contribution in [2.75, 3.05) is 0 Å². The van der Waals surface area contributed by atoms with Crippen molar-refractivity contribution < 1.29 is 19.4 Å². The predicted molar refractivity (Wildman–Crippen MR) is 132 cm³/mol. The van der Waals surface area contributed by atoms with E-state index in [4.69, 9.17) is 4.42 Å². The molecule has 0 bridgehead atoms. The van der Waals surface area contributed by atoms with Gasteiger partial charge >= 0.3 is 0 Å². The van der Waals surface area contributed by atoms with Gasteiger partial charge in [-0.3, -0.25) is 4.79 Å². The summed E-state index contributed by atoms with van der Waals surface area (Å²) < 4.78 is 5.31. The molecule has 5 heteroatoms. The molecule has 5 rings (SSSR count). The molecule has 34 heavy (non-hydrogen) atoms. The molecule has 0 radical (unpaired) electrons. The molecule has 4 saturated carbocycles. The summed E-state index contributed by atoms with van der Waals surface area (Å²) in [6.07, 6.45) is 11.5. The fraction of sp³-hybridized carbons (Fsp3) is 0.828. The molecule has 1 aromatic heterocycles. The standard InChI is InChI=1S/C29H45NO4/c1-18(6-11-27(33)30-17-21-5-4-14-34-21)23-9-10-24-22-8-7-19-15-20(31)12-13-28(19,2)25(22)16-26(32)29(23,24)3/h4-5,14,18-20,22-26,31-32H,6-13,15-17H2,1-3H3,(H,30,33)/t18-,19+,20-,22+,23+,24-,25-,26+,28+,29-/m1/s1. The number of rotatable bonds is 6. The van der Waals surface area contributed by atoms with Crippen LogP contribution in [0, 0.1) is 46.3 Å². The number of fused-ring (bicyclic) bond motifs is 5. The molecule has 0 unspecified atom stereocenters. The summed E-state index contributed by atoms with van der Waals surface area (Å²) in [7, 11) is 0. The number of nitrogens with one attached hydrogen (secondary N) is 1. The van der Waals surface area contributed by atoms with E-state index in [2.05, 4.69) is 26.1 Å². The first-order valence-corrected chi connectivity index (χ1v) is 13.9. The number of hydrogen-bond donors (Lipinski definition) is 3. The van der Waals surface area contributed by atoms with E-state index >= 15 is 0 Å². The normalized spacial score (nSPS) is 44.6. The van der Waals surface area contributed by atoms with Gasteiger partial charge in [0, 0.05) is 6.42 Å². The molecule has 0 aromatic carbocycles. The van der Waals surface area contributed by atoms with E-state index in [0.29, 0.717) is 48.5 Å². The molecule has 4 aliphatic carbocycles. The Balaban J connectivity index is 1.23. The fourth-order valence-corrected chi connectivity index (χ4v) is 9.41. The van der Waals surface area contributed by atoms with Gasteiger partial charge in [-0.25, -0.2) is 0 Å². The number of furan rings is 1. The van der Waals surface area contributed by atoms with Crippen molar-refractivity contribution in [1.29, 1.82) is 0 Å². The lowest BCUT2D eigenvalue weighted by Gasteiger charge is -2.62. The zero-order valence-electron chi connectivity index (χ0n) is 21.3. The molecule has 5 nitrogen and oxygen atoms in total. The summed E-state index contributed by atoms with van der Waals surface area (Å²) in [6.45, 7) is 7.61. The number of carbonyl (C=O) groups excluding carboxylic acids is 1. The second kappa shape index (κ2) is 9.28. The predicted octanol–water partition coefficient (Wildman–Crippen LogP) is 5.30. The minimum Gasteiger partial charge on any atom is -0.467 e. The summed E-state index contributed by atoms with van der Waals surface area (Å²) in [5, 5.41) is 24.9. The Hall–Kier alpha value is -1.33. The SMILES string of the molecule is C[C@H](CCC(=O)NCc1ccco1)[C@@H]1CC[C@@H]2[C@@H]3CC[C@H]4C[C@H](O)CC[C@]4(C)[C@@H]3C[C@H](O)[C@@]21C. The van der Waals surface area contributed by atoms with Crippen LogP contribution in [0.3, 0.4) is 0 Å². The Morgan fingerprint density at radius 3 is 2.74 bits per heavy atom. The van der Waals surface area contributed by atoms with Gasteiger partial charge in [-0.15, -0.1) is 0 Å². The molecule has 4 aliphatic rings. The van der Waals surface area contributed by atoms with E-state index in [1.54, 1.807) is 6.26 Å². The molecule has 1 amide bonds. The zero-order chi connectivity index (χ0) is 24.1. The summed E-state index contributed by atoms with van der Waals surface area (Å²) >= 11 is 0. The van der Waals surface area contributed by atoms with Gasteiger partial charge in [-0.05, 0) is 116 Å². The highest BCUT2D eigenvalue weighted by Gasteiger charge is 2.63. The van der Waals surface area contributed by atoms with E-state index in [-0.39, 0.29) is 28.9 Å². The van der Waals surface area contributed by atoms with Gasteiger partial charge in [0.05, 0.1) is 25.0 Å². The third-order valence-corrected chi connectivity index (χ3v) is 11.4. The van der Waals surface area contributed by atoms with Crippen LogP contribution < -0.4 is 5.32 Å². The van der Waals surface area contributed by atoms with Crippen LogP contribution in [0.4, 0.5) is 0 Å². The molecule has 4 fully saturated rings. The number of carbonyl (C=O) groups is 1. The molecule has 0 spiro atoms. The van der Waals surface area contributed by atoms with Gasteiger partial charge in [-0.1, -0.05) is 20.8 Å². The van der Waals surface area contributed by atoms with Crippen LogP contribution in [0.2, 0.25) is 0 Å². The molecule has 0 saturated heterocycles. The first-order chi connectivity index (χ1) is 16.2. The number of amides is 1. The van der Waals surface area contributed by atoms with E-state index in [1.807, 2.05) is 12.1 Å². The summed E-state index contributed by atoms with van der Waals surface area (Å²) in [4.78, 5) is 12.4. The molecule has 0 aliphatic heterocycles. The van der Waals surface area contributed by atoms with Crippen LogP contribution in [-0.2, 0) is 11.3 Å². The van der Waals surface area contributed by atoms with Crippen molar-refractivity contribution in [3.8, 4) is 0 Å². The summed E-state index contributed by atoms with van der Waals surface area (Å²) in [6, 6.07) is 3.72. The first-order valence-electron chi connectivity index (χ1n) is 13.9. The third kappa shape index (κ3) is 4.05. The van der Waals surface area contributed by atoms with E-state index in [9.17, 15) is 15.0 Å². The smallest absolute Gasteiger partial charge is 0.220 e. The van der Waals surface area contributed by atoms with Crippen molar-refractivity contribution >= 4 is 5.91 Å². The molecule has 190 valence electrons. The minimum absolute atomic E-state index is 0.0391. The quantitative estimate of drug-likeness (QED) is 0.526. The Kier molecular flexibility index (Phi) is 6.65. The van der Waals surface area contributed by atoms with Gasteiger partial charge in [-0.2, -0.15) is 0 Å². The van der Waals surface area contributed by atoms with Crippen molar-refractivity contribution in [3.63, 3.8) is 0 Å². The average molecular weight is 472 g/mol. The van der Waals surface area contributed by atoms with Crippen molar-refractivity contribution in [3.05, 3.63) is 24.2 Å². The van der Waals surface area contributed by atoms with Gasteiger partial charge < -0.3 is 19.9 Å². The Labute approximate surface area is 205 Å². The maximum atomic E-state index is 12.4. The first kappa shape index (κ1) is 24.4. The number of aliphatic hydroxyl groups excluding tert-OH is 2. The van der Waals surface area contributed by atoms with Crippen molar-refractivity contribution in [1.82, 2.24) is 5.32 Å². The Morgan fingerprint density at radius 2 is 1.97 bits per heavy atom. The number of hydrogen-bond acceptors (Lipinski definition) is 4. The Bertz CT molecular complexity index is 854. The fourth-order valence-electron chi connectivity index (χ4n) is 9.41. The average Bonchev–Trinajstić information content (AvgIpc) is 3.46. The largest absolute Gasteiger partial charge is 0.467 e. The monoisotopic (exact) mass is 471 g/mol. The van der Waals surface area contributed by atoms with Gasteiger partial charge in [0.25, 0.3) is 0 Å². The number of aliphatic hydroxyl groups is 2. The van der Waals surface area contributed by atoms with E-state index < -0.39 is 0 Å². The minimum atomic E-state index is -0.260. The van der Waals surface area contributed by atoms with Crippen molar-refractivity contribution in [2.45, 2.75) is 104 Å². The lowest BCUT2D eigenvalue weighted by Crippen LogP contribution is -2.58. The summed E-state index contributed by atoms with van der Waals surface area (Å²) in [5.74, 6) is 4.27. The maximum absolute atomic E-state index is 12.4. The molecular formula is C29H45NO4. The molecule has 1 heterocycles. The van der Waals surface area contributed by atoms with Crippen molar-refractivity contribution in [2.24, 2.45) is 46.3 Å². The second-order valence-corrected chi connectivity index (χ2v) is 12.8. The highest BCUT2D eigenvalue weighted by molar-refractivity contribution is 5.75. The Morgan fingerprint density at radius 1 is 1.15 bits per heavy atom. The van der Waals surface area contributed by atoms with Crippen LogP contribution >= 0.6 is 0 Å². The summed E-state index contributed by atoms with van der Waals surface area (Å²) in [5.41, 5.74) is 0.239. The van der Waals surface area contributed by atoms with Crippen LogP contribution in [0.1, 0.15) is 90.7 Å². The second-order valence-electron chi connectivity index (χ2n) is 12.8.